The van der Waals surface area contributed by atoms with Crippen LogP contribution in [-0.4, -0.2) is 18.8 Å². The average Bonchev–Trinajstić information content (AvgIpc) is 2.34. The van der Waals surface area contributed by atoms with Crippen LogP contribution in [0.1, 0.15) is 25.0 Å². The molecule has 0 saturated carbocycles. The summed E-state index contributed by atoms with van der Waals surface area (Å²) in [5.41, 5.74) is 1.48. The highest BCUT2D eigenvalue weighted by atomic mass is 19.4. The summed E-state index contributed by atoms with van der Waals surface area (Å²) in [5.74, 6) is -0.556. The van der Waals surface area contributed by atoms with E-state index in [1.54, 1.807) is 12.1 Å². The molecule has 2 nitrogen and oxygen atoms in total. The van der Waals surface area contributed by atoms with Crippen LogP contribution in [0.5, 0.6) is 0 Å². The summed E-state index contributed by atoms with van der Waals surface area (Å²) in [6, 6.07) is 6.99. The van der Waals surface area contributed by atoms with E-state index in [4.69, 9.17) is 0 Å². The van der Waals surface area contributed by atoms with Gasteiger partial charge in [0, 0.05) is 0 Å². The van der Waals surface area contributed by atoms with Gasteiger partial charge in [-0.05, 0) is 23.5 Å². The third kappa shape index (κ3) is 5.47. The molecule has 5 heteroatoms. The average molecular weight is 286 g/mol. The smallest absolute Gasteiger partial charge is 0.422 e. The van der Waals surface area contributed by atoms with Crippen LogP contribution >= 0.6 is 0 Å². The topological polar surface area (TPSA) is 26.3 Å². The highest BCUT2D eigenvalue weighted by Crippen LogP contribution is 2.19. The van der Waals surface area contributed by atoms with Crippen LogP contribution in [-0.2, 0) is 16.0 Å². The Morgan fingerprint density at radius 1 is 1.25 bits per heavy atom. The van der Waals surface area contributed by atoms with Gasteiger partial charge in [0.25, 0.3) is 0 Å². The van der Waals surface area contributed by atoms with Gasteiger partial charge in [-0.25, -0.2) is 4.79 Å². The summed E-state index contributed by atoms with van der Waals surface area (Å²) in [6.07, 6.45) is -3.64. The Kier molecular flexibility index (Phi) is 5.36. The van der Waals surface area contributed by atoms with E-state index in [9.17, 15) is 18.0 Å². The number of carbonyl (C=O) groups excluding carboxylic acids is 1. The largest absolute Gasteiger partial charge is 0.452 e. The first kappa shape index (κ1) is 16.3. The Labute approximate surface area is 116 Å². The van der Waals surface area contributed by atoms with Gasteiger partial charge < -0.3 is 4.74 Å². The molecule has 0 saturated heterocycles. The van der Waals surface area contributed by atoms with Crippen LogP contribution in [0, 0.1) is 5.92 Å². The standard InChI is InChI=1S/C15H17F3O2/c1-10(2)8-12-4-6-13(7-5-12)11(3)14(19)20-9-15(16,17)18/h4-7,10H,3,8-9H2,1-2H3. The van der Waals surface area contributed by atoms with E-state index in [-0.39, 0.29) is 5.57 Å². The quantitative estimate of drug-likeness (QED) is 0.604. The minimum atomic E-state index is -4.53. The number of alkyl halides is 3. The van der Waals surface area contributed by atoms with Gasteiger partial charge in [-0.2, -0.15) is 13.2 Å². The number of hydrogen-bond acceptors (Lipinski definition) is 2. The zero-order valence-electron chi connectivity index (χ0n) is 11.5. The summed E-state index contributed by atoms with van der Waals surface area (Å²) < 4.78 is 40.0. The van der Waals surface area contributed by atoms with Gasteiger partial charge >= 0.3 is 12.1 Å². The van der Waals surface area contributed by atoms with Gasteiger partial charge in [-0.3, -0.25) is 0 Å². The summed E-state index contributed by atoms with van der Waals surface area (Å²) in [7, 11) is 0. The molecule has 0 radical (unpaired) electrons. The molecule has 0 spiro atoms. The van der Waals surface area contributed by atoms with Crippen LogP contribution in [0.25, 0.3) is 5.57 Å². The number of rotatable bonds is 5. The third-order valence-corrected chi connectivity index (χ3v) is 2.56. The van der Waals surface area contributed by atoms with E-state index in [2.05, 4.69) is 25.2 Å². The SMILES string of the molecule is C=C(C(=O)OCC(F)(F)F)c1ccc(CC(C)C)cc1. The van der Waals surface area contributed by atoms with Crippen LogP contribution in [0.15, 0.2) is 30.8 Å². The van der Waals surface area contributed by atoms with Crippen LogP contribution in [0.4, 0.5) is 13.2 Å². The molecule has 0 aliphatic heterocycles. The van der Waals surface area contributed by atoms with E-state index in [1.165, 1.54) is 0 Å². The second-order valence-corrected chi connectivity index (χ2v) is 4.96. The van der Waals surface area contributed by atoms with Crippen molar-refractivity contribution in [3.05, 3.63) is 42.0 Å². The number of carbonyl (C=O) groups is 1. The maximum atomic E-state index is 11.9. The molecule has 1 aromatic carbocycles. The number of halogens is 3. The minimum absolute atomic E-state index is 0.0784. The first-order valence-electron chi connectivity index (χ1n) is 6.21. The van der Waals surface area contributed by atoms with Crippen LogP contribution in [0.2, 0.25) is 0 Å². The Balaban J connectivity index is 2.65. The normalized spacial score (nSPS) is 11.5. The molecule has 20 heavy (non-hydrogen) atoms. The Morgan fingerprint density at radius 3 is 2.25 bits per heavy atom. The Hall–Kier alpha value is -1.78. The van der Waals surface area contributed by atoms with Crippen LogP contribution in [0.3, 0.4) is 0 Å². The molecule has 0 aliphatic carbocycles. The second-order valence-electron chi connectivity index (χ2n) is 4.96. The minimum Gasteiger partial charge on any atom is -0.452 e. The molecule has 0 unspecified atom stereocenters. The van der Waals surface area contributed by atoms with Crippen molar-refractivity contribution >= 4 is 11.5 Å². The summed E-state index contributed by atoms with van der Waals surface area (Å²) in [4.78, 5) is 11.4. The lowest BCUT2D eigenvalue weighted by Gasteiger charge is -2.10. The molecule has 0 atom stereocenters. The maximum Gasteiger partial charge on any atom is 0.422 e. The lowest BCUT2D eigenvalue weighted by atomic mass is 10.00. The molecule has 0 fully saturated rings. The summed E-state index contributed by atoms with van der Waals surface area (Å²) in [6.45, 7) is 6.04. The first-order chi connectivity index (χ1) is 9.19. The first-order valence-corrected chi connectivity index (χ1v) is 6.21. The highest BCUT2D eigenvalue weighted by Gasteiger charge is 2.30. The molecule has 0 aromatic heterocycles. The molecule has 1 rings (SSSR count). The monoisotopic (exact) mass is 286 g/mol. The third-order valence-electron chi connectivity index (χ3n) is 2.56. The van der Waals surface area contributed by atoms with Crippen molar-refractivity contribution in [2.75, 3.05) is 6.61 Å². The van der Waals surface area contributed by atoms with Gasteiger partial charge in [0.2, 0.25) is 0 Å². The van der Waals surface area contributed by atoms with Gasteiger partial charge in [0.05, 0.1) is 5.57 Å². The van der Waals surface area contributed by atoms with Crippen LogP contribution < -0.4 is 0 Å². The summed E-state index contributed by atoms with van der Waals surface area (Å²) >= 11 is 0. The fraction of sp³-hybridized carbons (Fsp3) is 0.400. The van der Waals surface area contributed by atoms with Crippen molar-refractivity contribution in [1.29, 1.82) is 0 Å². The van der Waals surface area contributed by atoms with Crippen molar-refractivity contribution in [3.8, 4) is 0 Å². The number of hydrogen-bond donors (Lipinski definition) is 0. The van der Waals surface area contributed by atoms with Crippen molar-refractivity contribution < 1.29 is 22.7 Å². The van der Waals surface area contributed by atoms with Crippen molar-refractivity contribution in [1.82, 2.24) is 0 Å². The number of esters is 1. The molecule has 0 aliphatic rings. The van der Waals surface area contributed by atoms with Gasteiger partial charge in [0.15, 0.2) is 6.61 Å². The van der Waals surface area contributed by atoms with E-state index in [0.717, 1.165) is 12.0 Å². The Morgan fingerprint density at radius 2 is 1.80 bits per heavy atom. The Bertz CT molecular complexity index is 473. The molecule has 0 bridgehead atoms. The lowest BCUT2D eigenvalue weighted by molar-refractivity contribution is -0.182. The zero-order chi connectivity index (χ0) is 15.3. The predicted octanol–water partition coefficient (Wildman–Crippen LogP) is 4.00. The molecule has 0 amide bonds. The van der Waals surface area contributed by atoms with E-state index in [0.29, 0.717) is 11.5 Å². The predicted molar refractivity (Wildman–Crippen MR) is 71.0 cm³/mol. The van der Waals surface area contributed by atoms with Gasteiger partial charge in [0.1, 0.15) is 0 Å². The van der Waals surface area contributed by atoms with Crippen molar-refractivity contribution in [2.45, 2.75) is 26.4 Å². The molecular weight excluding hydrogens is 269 g/mol. The van der Waals surface area contributed by atoms with Gasteiger partial charge in [-0.1, -0.05) is 44.7 Å². The summed E-state index contributed by atoms with van der Waals surface area (Å²) in [5, 5.41) is 0. The molecular formula is C15H17F3O2. The lowest BCUT2D eigenvalue weighted by Crippen LogP contribution is -2.20. The van der Waals surface area contributed by atoms with E-state index >= 15 is 0 Å². The van der Waals surface area contributed by atoms with Gasteiger partial charge in [-0.15, -0.1) is 0 Å². The molecule has 0 heterocycles. The molecule has 1 aromatic rings. The zero-order valence-corrected chi connectivity index (χ0v) is 11.5. The number of benzene rings is 1. The van der Waals surface area contributed by atoms with Crippen molar-refractivity contribution in [3.63, 3.8) is 0 Å². The number of ether oxygens (including phenoxy) is 1. The molecule has 110 valence electrons. The fourth-order valence-electron chi connectivity index (χ4n) is 1.67. The second kappa shape index (κ2) is 6.59. The van der Waals surface area contributed by atoms with E-state index in [1.807, 2.05) is 12.1 Å². The molecule has 0 N–H and O–H groups in total. The fourth-order valence-corrected chi connectivity index (χ4v) is 1.67. The highest BCUT2D eigenvalue weighted by molar-refractivity contribution is 6.15. The maximum absolute atomic E-state index is 11.9. The van der Waals surface area contributed by atoms with E-state index < -0.39 is 18.8 Å². The van der Waals surface area contributed by atoms with Crippen molar-refractivity contribution in [2.24, 2.45) is 5.92 Å².